The van der Waals surface area contributed by atoms with Gasteiger partial charge in [0.05, 0.1) is 16.6 Å². The van der Waals surface area contributed by atoms with Gasteiger partial charge in [-0.1, -0.05) is 28.9 Å². The van der Waals surface area contributed by atoms with Crippen molar-refractivity contribution in [2.24, 2.45) is 0 Å². The summed E-state index contributed by atoms with van der Waals surface area (Å²) in [5.41, 5.74) is 2.49. The van der Waals surface area contributed by atoms with Crippen LogP contribution in [0.5, 0.6) is 0 Å². The van der Waals surface area contributed by atoms with Gasteiger partial charge >= 0.3 is 0 Å². The number of likely N-dealkylation sites (tertiary alicyclic amines) is 1. The number of hydrogen-bond donors (Lipinski definition) is 0. The quantitative estimate of drug-likeness (QED) is 0.488. The standard InChI is InChI=1S/C22H21N5O3S/c1-13-6-5-7-15(10-13)19-24-20(30-25-19)18-14(2)17-21(31-18)23-12-27(22(17)29)11-16(28)26-8-3-4-9-26/h5-7,10,12H,3-4,8-9,11H2,1-2H3. The molecule has 4 heterocycles. The highest BCUT2D eigenvalue weighted by atomic mass is 32.1. The fourth-order valence-electron chi connectivity index (χ4n) is 3.91. The van der Waals surface area contributed by atoms with Crippen LogP contribution >= 0.6 is 11.3 Å². The minimum atomic E-state index is -0.226. The van der Waals surface area contributed by atoms with Crippen molar-refractivity contribution in [3.05, 3.63) is 52.1 Å². The number of rotatable bonds is 4. The maximum absolute atomic E-state index is 13.1. The molecule has 9 heteroatoms. The molecule has 31 heavy (non-hydrogen) atoms. The Morgan fingerprint density at radius 2 is 2.03 bits per heavy atom. The monoisotopic (exact) mass is 435 g/mol. The second-order valence-electron chi connectivity index (χ2n) is 7.79. The molecule has 1 aromatic carbocycles. The van der Waals surface area contributed by atoms with Crippen molar-refractivity contribution in [3.8, 4) is 22.2 Å². The van der Waals surface area contributed by atoms with E-state index >= 15 is 0 Å². The molecule has 0 aliphatic carbocycles. The van der Waals surface area contributed by atoms with Crippen molar-refractivity contribution in [2.45, 2.75) is 33.2 Å². The Morgan fingerprint density at radius 3 is 2.81 bits per heavy atom. The molecule has 0 saturated carbocycles. The second-order valence-corrected chi connectivity index (χ2v) is 8.79. The molecule has 1 amide bonds. The number of fused-ring (bicyclic) bond motifs is 1. The highest BCUT2D eigenvalue weighted by Gasteiger charge is 2.23. The van der Waals surface area contributed by atoms with E-state index in [-0.39, 0.29) is 18.0 Å². The van der Waals surface area contributed by atoms with Crippen LogP contribution in [-0.4, -0.2) is 43.6 Å². The van der Waals surface area contributed by atoms with Gasteiger partial charge in [0.1, 0.15) is 11.4 Å². The Morgan fingerprint density at radius 1 is 1.23 bits per heavy atom. The molecule has 8 nitrogen and oxygen atoms in total. The van der Waals surface area contributed by atoms with Crippen molar-refractivity contribution >= 4 is 27.5 Å². The number of hydrogen-bond acceptors (Lipinski definition) is 7. The molecular weight excluding hydrogens is 414 g/mol. The van der Waals surface area contributed by atoms with Gasteiger partial charge in [0.25, 0.3) is 11.4 Å². The van der Waals surface area contributed by atoms with E-state index < -0.39 is 0 Å². The third-order valence-electron chi connectivity index (χ3n) is 5.58. The first-order chi connectivity index (χ1) is 15.0. The van der Waals surface area contributed by atoms with Crippen LogP contribution in [0.1, 0.15) is 24.0 Å². The van der Waals surface area contributed by atoms with E-state index in [4.69, 9.17) is 4.52 Å². The zero-order chi connectivity index (χ0) is 21.5. The van der Waals surface area contributed by atoms with Gasteiger partial charge in [0, 0.05) is 18.7 Å². The first-order valence-electron chi connectivity index (χ1n) is 10.2. The summed E-state index contributed by atoms with van der Waals surface area (Å²) < 4.78 is 6.90. The van der Waals surface area contributed by atoms with Crippen LogP contribution in [-0.2, 0) is 11.3 Å². The van der Waals surface area contributed by atoms with Crippen LogP contribution in [0.25, 0.3) is 32.4 Å². The fraction of sp³-hybridized carbons (Fsp3) is 0.318. The number of carbonyl (C=O) groups is 1. The van der Waals surface area contributed by atoms with Crippen molar-refractivity contribution in [1.29, 1.82) is 0 Å². The lowest BCUT2D eigenvalue weighted by Crippen LogP contribution is -2.34. The smallest absolute Gasteiger partial charge is 0.268 e. The van der Waals surface area contributed by atoms with Gasteiger partial charge in [-0.25, -0.2) is 4.98 Å². The maximum Gasteiger partial charge on any atom is 0.268 e. The Balaban J connectivity index is 1.50. The molecule has 0 radical (unpaired) electrons. The van der Waals surface area contributed by atoms with Gasteiger partial charge in [0.2, 0.25) is 11.7 Å². The summed E-state index contributed by atoms with van der Waals surface area (Å²) in [6.07, 6.45) is 3.48. The molecule has 1 fully saturated rings. The summed E-state index contributed by atoms with van der Waals surface area (Å²) in [7, 11) is 0. The van der Waals surface area contributed by atoms with Crippen LogP contribution in [0.15, 0.2) is 39.9 Å². The summed E-state index contributed by atoms with van der Waals surface area (Å²) in [6, 6.07) is 7.87. The predicted molar refractivity (Wildman–Crippen MR) is 118 cm³/mol. The Labute approximate surface area is 182 Å². The summed E-state index contributed by atoms with van der Waals surface area (Å²) in [6.45, 7) is 5.37. The summed E-state index contributed by atoms with van der Waals surface area (Å²) in [5.74, 6) is 0.807. The zero-order valence-corrected chi connectivity index (χ0v) is 18.1. The number of aromatic nitrogens is 4. The molecule has 5 rings (SSSR count). The van der Waals surface area contributed by atoms with Crippen LogP contribution in [0, 0.1) is 13.8 Å². The van der Waals surface area contributed by atoms with Gasteiger partial charge in [-0.15, -0.1) is 11.3 Å². The normalized spacial score (nSPS) is 13.9. The minimum absolute atomic E-state index is 0.00442. The van der Waals surface area contributed by atoms with Crippen LogP contribution in [0.2, 0.25) is 0 Å². The van der Waals surface area contributed by atoms with Crippen molar-refractivity contribution < 1.29 is 9.32 Å². The third kappa shape index (κ3) is 3.54. The summed E-state index contributed by atoms with van der Waals surface area (Å²) >= 11 is 1.34. The van der Waals surface area contributed by atoms with Gasteiger partial charge in [0.15, 0.2) is 0 Å². The lowest BCUT2D eigenvalue weighted by molar-refractivity contribution is -0.130. The number of carbonyl (C=O) groups excluding carboxylic acids is 1. The van der Waals surface area contributed by atoms with E-state index in [1.165, 1.54) is 22.2 Å². The number of nitrogens with zero attached hydrogens (tertiary/aromatic N) is 5. The lowest BCUT2D eigenvalue weighted by atomic mass is 10.1. The zero-order valence-electron chi connectivity index (χ0n) is 17.3. The molecule has 4 aromatic rings. The number of benzene rings is 1. The molecule has 0 bridgehead atoms. The van der Waals surface area contributed by atoms with Crippen LogP contribution < -0.4 is 5.56 Å². The van der Waals surface area contributed by atoms with E-state index in [0.717, 1.165) is 47.5 Å². The highest BCUT2D eigenvalue weighted by molar-refractivity contribution is 7.22. The van der Waals surface area contributed by atoms with Crippen molar-refractivity contribution in [1.82, 2.24) is 24.6 Å². The van der Waals surface area contributed by atoms with Crippen molar-refractivity contribution in [3.63, 3.8) is 0 Å². The van der Waals surface area contributed by atoms with E-state index in [0.29, 0.717) is 21.9 Å². The van der Waals surface area contributed by atoms with Crippen LogP contribution in [0.3, 0.4) is 0 Å². The average molecular weight is 436 g/mol. The third-order valence-corrected chi connectivity index (χ3v) is 6.77. The van der Waals surface area contributed by atoms with Crippen LogP contribution in [0.4, 0.5) is 0 Å². The minimum Gasteiger partial charge on any atom is -0.341 e. The molecule has 3 aromatic heterocycles. The molecule has 1 aliphatic heterocycles. The molecule has 0 unspecified atom stereocenters. The largest absolute Gasteiger partial charge is 0.341 e. The number of thiophene rings is 1. The second kappa shape index (κ2) is 7.73. The SMILES string of the molecule is Cc1cccc(-c2noc(-c3sc4ncn(CC(=O)N5CCCC5)c(=O)c4c3C)n2)c1. The number of amides is 1. The molecule has 158 valence electrons. The first kappa shape index (κ1) is 19.6. The van der Waals surface area contributed by atoms with Gasteiger partial charge < -0.3 is 9.42 Å². The van der Waals surface area contributed by atoms with E-state index in [9.17, 15) is 9.59 Å². The van der Waals surface area contributed by atoms with E-state index in [1.54, 1.807) is 4.90 Å². The summed E-state index contributed by atoms with van der Waals surface area (Å²) in [5, 5.41) is 4.60. The number of aryl methyl sites for hydroxylation is 2. The van der Waals surface area contributed by atoms with Gasteiger partial charge in [-0.2, -0.15) is 4.98 Å². The average Bonchev–Trinajstić information content (AvgIpc) is 3.50. The Bertz CT molecular complexity index is 1350. The van der Waals surface area contributed by atoms with E-state index in [1.807, 2.05) is 38.1 Å². The van der Waals surface area contributed by atoms with Gasteiger partial charge in [-0.3, -0.25) is 14.2 Å². The molecule has 0 N–H and O–H groups in total. The summed E-state index contributed by atoms with van der Waals surface area (Å²) in [4.78, 5) is 37.7. The molecule has 1 aliphatic rings. The Kier molecular flexibility index (Phi) is 4.90. The van der Waals surface area contributed by atoms with Crippen molar-refractivity contribution in [2.75, 3.05) is 13.1 Å². The lowest BCUT2D eigenvalue weighted by Gasteiger charge is -2.15. The molecular formula is C22H21N5O3S. The van der Waals surface area contributed by atoms with Gasteiger partial charge in [-0.05, 0) is 38.3 Å². The predicted octanol–water partition coefficient (Wildman–Crippen LogP) is 3.41. The topological polar surface area (TPSA) is 94.1 Å². The molecule has 0 spiro atoms. The maximum atomic E-state index is 13.1. The fourth-order valence-corrected chi connectivity index (χ4v) is 4.97. The Hall–Kier alpha value is -3.33. The molecule has 0 atom stereocenters. The van der Waals surface area contributed by atoms with E-state index in [2.05, 4.69) is 15.1 Å². The molecule has 1 saturated heterocycles. The first-order valence-corrected chi connectivity index (χ1v) is 11.0. The highest BCUT2D eigenvalue weighted by Crippen LogP contribution is 2.35.